The van der Waals surface area contributed by atoms with Crippen LogP contribution in [0.2, 0.25) is 10.0 Å². The summed E-state index contributed by atoms with van der Waals surface area (Å²) in [6.07, 6.45) is 2.47. The van der Waals surface area contributed by atoms with Gasteiger partial charge in [0.25, 0.3) is 5.91 Å². The minimum Gasteiger partial charge on any atom is -0.320 e. The van der Waals surface area contributed by atoms with Gasteiger partial charge in [-0.1, -0.05) is 54.4 Å². The number of anilines is 1. The van der Waals surface area contributed by atoms with Crippen LogP contribution in [0.1, 0.15) is 18.1 Å². The van der Waals surface area contributed by atoms with E-state index in [9.17, 15) is 10.1 Å². The summed E-state index contributed by atoms with van der Waals surface area (Å²) in [5.74, 6) is -0.531. The molecule has 116 valence electrons. The van der Waals surface area contributed by atoms with Gasteiger partial charge in [-0.2, -0.15) is 5.26 Å². The number of carbonyl (C=O) groups excluding carboxylic acids is 1. The lowest BCUT2D eigenvalue weighted by molar-refractivity contribution is -0.112. The third-order valence-electron chi connectivity index (χ3n) is 3.24. The maximum absolute atomic E-state index is 12.2. The van der Waals surface area contributed by atoms with E-state index >= 15 is 0 Å². The SMILES string of the molecule is CCc1ccc(/C=C(\C#N)C(=O)Nc2cc(Cl)ccc2Cl)cc1. The lowest BCUT2D eigenvalue weighted by Gasteiger charge is -2.07. The first kappa shape index (κ1) is 17.1. The average Bonchev–Trinajstić information content (AvgIpc) is 2.56. The van der Waals surface area contributed by atoms with Crippen LogP contribution in [0.5, 0.6) is 0 Å². The van der Waals surface area contributed by atoms with Gasteiger partial charge in [-0.25, -0.2) is 0 Å². The fraction of sp³-hybridized carbons (Fsp3) is 0.111. The third kappa shape index (κ3) is 4.59. The zero-order chi connectivity index (χ0) is 16.8. The molecule has 2 aromatic carbocycles. The van der Waals surface area contributed by atoms with Gasteiger partial charge in [0.1, 0.15) is 11.6 Å². The molecule has 23 heavy (non-hydrogen) atoms. The van der Waals surface area contributed by atoms with E-state index in [0.29, 0.717) is 15.7 Å². The predicted molar refractivity (Wildman–Crippen MR) is 94.5 cm³/mol. The standard InChI is InChI=1S/C18H14Cl2N2O/c1-2-12-3-5-13(6-4-12)9-14(11-21)18(23)22-17-10-15(19)7-8-16(17)20/h3-10H,2H2,1H3,(H,22,23)/b14-9+. The Morgan fingerprint density at radius 3 is 2.52 bits per heavy atom. The molecule has 0 fully saturated rings. The Morgan fingerprint density at radius 1 is 1.22 bits per heavy atom. The molecule has 0 aromatic heterocycles. The number of hydrogen-bond donors (Lipinski definition) is 1. The number of hydrogen-bond acceptors (Lipinski definition) is 2. The number of nitrogens with one attached hydrogen (secondary N) is 1. The van der Waals surface area contributed by atoms with Crippen LogP contribution in [0, 0.1) is 11.3 Å². The van der Waals surface area contributed by atoms with Crippen molar-refractivity contribution in [1.29, 1.82) is 5.26 Å². The Morgan fingerprint density at radius 2 is 1.91 bits per heavy atom. The Labute approximate surface area is 145 Å². The lowest BCUT2D eigenvalue weighted by atomic mass is 10.1. The first-order valence-corrected chi connectivity index (χ1v) is 7.76. The highest BCUT2D eigenvalue weighted by Gasteiger charge is 2.12. The van der Waals surface area contributed by atoms with E-state index in [1.165, 1.54) is 17.7 Å². The van der Waals surface area contributed by atoms with Crippen molar-refractivity contribution in [1.82, 2.24) is 0 Å². The second kappa shape index (κ2) is 7.82. The van der Waals surface area contributed by atoms with E-state index in [-0.39, 0.29) is 5.57 Å². The van der Waals surface area contributed by atoms with Crippen molar-refractivity contribution >= 4 is 40.9 Å². The highest BCUT2D eigenvalue weighted by atomic mass is 35.5. The van der Waals surface area contributed by atoms with E-state index in [1.807, 2.05) is 30.3 Å². The molecule has 0 saturated heterocycles. The molecule has 0 unspecified atom stereocenters. The van der Waals surface area contributed by atoms with Crippen molar-refractivity contribution in [3.8, 4) is 6.07 Å². The average molecular weight is 345 g/mol. The molecule has 1 N–H and O–H groups in total. The van der Waals surface area contributed by atoms with Gasteiger partial charge >= 0.3 is 0 Å². The van der Waals surface area contributed by atoms with E-state index in [4.69, 9.17) is 23.2 Å². The number of rotatable bonds is 4. The molecule has 2 aromatic rings. The lowest BCUT2D eigenvalue weighted by Crippen LogP contribution is -2.13. The summed E-state index contributed by atoms with van der Waals surface area (Å²) in [6, 6.07) is 14.3. The van der Waals surface area contributed by atoms with Crippen molar-refractivity contribution in [3.05, 3.63) is 69.2 Å². The monoisotopic (exact) mass is 344 g/mol. The number of aryl methyl sites for hydroxylation is 1. The number of nitriles is 1. The Kier molecular flexibility index (Phi) is 5.81. The number of nitrogens with zero attached hydrogens (tertiary/aromatic N) is 1. The zero-order valence-corrected chi connectivity index (χ0v) is 13.9. The van der Waals surface area contributed by atoms with Gasteiger partial charge in [-0.15, -0.1) is 0 Å². The molecule has 0 aliphatic carbocycles. The Bertz CT molecular complexity index is 790. The molecule has 0 saturated carbocycles. The minimum atomic E-state index is -0.531. The normalized spacial score (nSPS) is 11.0. The molecule has 2 rings (SSSR count). The second-order valence-electron chi connectivity index (χ2n) is 4.84. The molecule has 0 heterocycles. The topological polar surface area (TPSA) is 52.9 Å². The van der Waals surface area contributed by atoms with E-state index < -0.39 is 5.91 Å². The molecule has 0 bridgehead atoms. The predicted octanol–water partition coefficient (Wildman–Crippen LogP) is 5.10. The summed E-state index contributed by atoms with van der Waals surface area (Å²) in [4.78, 5) is 12.2. The van der Waals surface area contributed by atoms with Crippen LogP contribution in [0.4, 0.5) is 5.69 Å². The van der Waals surface area contributed by atoms with Gasteiger partial charge in [-0.3, -0.25) is 4.79 Å². The van der Waals surface area contributed by atoms with Crippen LogP contribution in [-0.4, -0.2) is 5.91 Å². The molecule has 3 nitrogen and oxygen atoms in total. The molecular weight excluding hydrogens is 331 g/mol. The summed E-state index contributed by atoms with van der Waals surface area (Å²) < 4.78 is 0. The first-order chi connectivity index (χ1) is 11.0. The maximum atomic E-state index is 12.2. The van der Waals surface area contributed by atoms with E-state index in [0.717, 1.165) is 12.0 Å². The van der Waals surface area contributed by atoms with Crippen LogP contribution in [0.25, 0.3) is 6.08 Å². The third-order valence-corrected chi connectivity index (χ3v) is 3.81. The smallest absolute Gasteiger partial charge is 0.266 e. The van der Waals surface area contributed by atoms with Gasteiger partial charge in [0, 0.05) is 5.02 Å². The van der Waals surface area contributed by atoms with Crippen LogP contribution >= 0.6 is 23.2 Å². The molecule has 5 heteroatoms. The number of carbonyl (C=O) groups is 1. The molecule has 1 amide bonds. The molecule has 0 aliphatic rings. The highest BCUT2D eigenvalue weighted by molar-refractivity contribution is 6.36. The van der Waals surface area contributed by atoms with Crippen LogP contribution in [0.15, 0.2) is 48.0 Å². The molecular formula is C18H14Cl2N2O. The van der Waals surface area contributed by atoms with Gasteiger partial charge in [-0.05, 0) is 41.8 Å². The number of amides is 1. The zero-order valence-electron chi connectivity index (χ0n) is 12.4. The van der Waals surface area contributed by atoms with Gasteiger partial charge < -0.3 is 5.32 Å². The summed E-state index contributed by atoms with van der Waals surface area (Å²) in [6.45, 7) is 2.06. The largest absolute Gasteiger partial charge is 0.320 e. The number of halogens is 2. The van der Waals surface area contributed by atoms with E-state index in [2.05, 4.69) is 12.2 Å². The molecule has 0 atom stereocenters. The summed E-state index contributed by atoms with van der Waals surface area (Å²) in [7, 11) is 0. The van der Waals surface area contributed by atoms with Crippen LogP contribution in [0.3, 0.4) is 0 Å². The first-order valence-electron chi connectivity index (χ1n) is 7.00. The van der Waals surface area contributed by atoms with Crippen molar-refractivity contribution < 1.29 is 4.79 Å². The minimum absolute atomic E-state index is 0.00899. The fourth-order valence-corrected chi connectivity index (χ4v) is 2.28. The van der Waals surface area contributed by atoms with Crippen molar-refractivity contribution in [2.24, 2.45) is 0 Å². The quantitative estimate of drug-likeness (QED) is 0.619. The molecule has 0 aliphatic heterocycles. The second-order valence-corrected chi connectivity index (χ2v) is 5.69. The number of benzene rings is 2. The van der Waals surface area contributed by atoms with E-state index in [1.54, 1.807) is 12.1 Å². The van der Waals surface area contributed by atoms with Crippen LogP contribution < -0.4 is 5.32 Å². The van der Waals surface area contributed by atoms with Gasteiger partial charge in [0.15, 0.2) is 0 Å². The van der Waals surface area contributed by atoms with Gasteiger partial charge in [0.2, 0.25) is 0 Å². The fourth-order valence-electron chi connectivity index (χ4n) is 1.95. The van der Waals surface area contributed by atoms with Crippen LogP contribution in [-0.2, 0) is 11.2 Å². The van der Waals surface area contributed by atoms with Gasteiger partial charge in [0.05, 0.1) is 10.7 Å². The van der Waals surface area contributed by atoms with Crippen molar-refractivity contribution in [3.63, 3.8) is 0 Å². The highest BCUT2D eigenvalue weighted by Crippen LogP contribution is 2.26. The summed E-state index contributed by atoms with van der Waals surface area (Å²) >= 11 is 11.9. The molecule has 0 spiro atoms. The van der Waals surface area contributed by atoms with Crippen molar-refractivity contribution in [2.45, 2.75) is 13.3 Å². The Balaban J connectivity index is 2.22. The summed E-state index contributed by atoms with van der Waals surface area (Å²) in [5.41, 5.74) is 2.33. The van der Waals surface area contributed by atoms with Crippen molar-refractivity contribution in [2.75, 3.05) is 5.32 Å². The Hall–Kier alpha value is -2.28. The maximum Gasteiger partial charge on any atom is 0.266 e. The molecule has 0 radical (unpaired) electrons. The summed E-state index contributed by atoms with van der Waals surface area (Å²) in [5, 5.41) is 12.6.